The summed E-state index contributed by atoms with van der Waals surface area (Å²) in [7, 11) is 1.53. The average molecular weight is 428 g/mol. The zero-order chi connectivity index (χ0) is 22.2. The van der Waals surface area contributed by atoms with Crippen molar-refractivity contribution in [3.8, 4) is 5.75 Å². The average Bonchev–Trinajstić information content (AvgIpc) is 2.75. The molecule has 7 heteroatoms. The Morgan fingerprint density at radius 2 is 1.77 bits per heavy atom. The van der Waals surface area contributed by atoms with Gasteiger partial charge in [0.05, 0.1) is 19.3 Å². The lowest BCUT2D eigenvalue weighted by Gasteiger charge is -2.34. The fraction of sp³-hybridized carbons (Fsp3) is 0.417. The van der Waals surface area contributed by atoms with Crippen LogP contribution in [0.25, 0.3) is 0 Å². The van der Waals surface area contributed by atoms with E-state index in [1.165, 1.54) is 32.6 Å². The minimum atomic E-state index is -0.267. The van der Waals surface area contributed by atoms with Gasteiger partial charge in [-0.25, -0.2) is 4.39 Å². The van der Waals surface area contributed by atoms with Gasteiger partial charge in [-0.3, -0.25) is 14.5 Å². The number of hydrogen-bond donors (Lipinski definition) is 2. The molecular formula is C24H30FN3O3. The molecule has 6 nitrogen and oxygen atoms in total. The summed E-state index contributed by atoms with van der Waals surface area (Å²) in [4.78, 5) is 26.5. The molecule has 0 unspecified atom stereocenters. The van der Waals surface area contributed by atoms with E-state index >= 15 is 0 Å². The molecule has 3 rings (SSSR count). The zero-order valence-electron chi connectivity index (χ0n) is 18.1. The molecule has 0 atom stereocenters. The van der Waals surface area contributed by atoms with Gasteiger partial charge < -0.3 is 15.4 Å². The van der Waals surface area contributed by atoms with Gasteiger partial charge in [0.1, 0.15) is 11.6 Å². The molecule has 2 aromatic rings. The fourth-order valence-corrected chi connectivity index (χ4v) is 4.05. The fourth-order valence-electron chi connectivity index (χ4n) is 4.05. The number of anilines is 2. The molecule has 2 N–H and O–H groups in total. The summed E-state index contributed by atoms with van der Waals surface area (Å²) in [6.45, 7) is 2.23. The monoisotopic (exact) mass is 427 g/mol. The molecule has 0 radical (unpaired) electrons. The van der Waals surface area contributed by atoms with Crippen LogP contribution in [0, 0.1) is 5.82 Å². The number of halogens is 1. The number of methoxy groups -OCH3 is 1. The van der Waals surface area contributed by atoms with Crippen LogP contribution in [0.2, 0.25) is 0 Å². The predicted octanol–water partition coefficient (Wildman–Crippen LogP) is 4.57. The Labute approximate surface area is 182 Å². The van der Waals surface area contributed by atoms with E-state index in [2.05, 4.69) is 15.5 Å². The molecule has 1 aliphatic carbocycles. The molecule has 0 aliphatic heterocycles. The molecule has 0 saturated heterocycles. The lowest BCUT2D eigenvalue weighted by atomic mass is 9.93. The van der Waals surface area contributed by atoms with Crippen molar-refractivity contribution in [2.45, 2.75) is 51.6 Å². The Morgan fingerprint density at radius 1 is 1.06 bits per heavy atom. The maximum atomic E-state index is 13.3. The second kappa shape index (κ2) is 10.9. The summed E-state index contributed by atoms with van der Waals surface area (Å²) >= 11 is 0. The van der Waals surface area contributed by atoms with E-state index in [9.17, 15) is 14.0 Å². The highest BCUT2D eigenvalue weighted by Crippen LogP contribution is 2.29. The SMILES string of the molecule is COc1ccc(NC(C)=O)cc1NC(=O)CN(Cc1ccc(F)cc1)C1CCCCC1. The van der Waals surface area contributed by atoms with Crippen molar-refractivity contribution in [1.29, 1.82) is 0 Å². The minimum absolute atomic E-state index is 0.161. The third kappa shape index (κ3) is 6.79. The van der Waals surface area contributed by atoms with E-state index in [-0.39, 0.29) is 24.2 Å². The standard InChI is InChI=1S/C24H30FN3O3/c1-17(29)26-20-12-13-23(31-2)22(14-20)27-24(30)16-28(21-6-4-3-5-7-21)15-18-8-10-19(25)11-9-18/h8-14,21H,3-7,15-16H2,1-2H3,(H,26,29)(H,27,30). The third-order valence-corrected chi connectivity index (χ3v) is 5.53. The third-order valence-electron chi connectivity index (χ3n) is 5.53. The van der Waals surface area contributed by atoms with Gasteiger partial charge in [-0.2, -0.15) is 0 Å². The van der Waals surface area contributed by atoms with E-state index < -0.39 is 0 Å². The Bertz CT molecular complexity index is 895. The maximum Gasteiger partial charge on any atom is 0.238 e. The summed E-state index contributed by atoms with van der Waals surface area (Å²) in [6.07, 6.45) is 5.63. The van der Waals surface area contributed by atoms with Gasteiger partial charge in [0.2, 0.25) is 11.8 Å². The van der Waals surface area contributed by atoms with Crippen molar-refractivity contribution in [3.63, 3.8) is 0 Å². The molecule has 1 saturated carbocycles. The lowest BCUT2D eigenvalue weighted by Crippen LogP contribution is -2.41. The molecule has 1 aliphatic rings. The van der Waals surface area contributed by atoms with E-state index in [1.54, 1.807) is 30.3 Å². The van der Waals surface area contributed by atoms with Crippen molar-refractivity contribution in [1.82, 2.24) is 4.90 Å². The van der Waals surface area contributed by atoms with Crippen molar-refractivity contribution in [2.75, 3.05) is 24.3 Å². The first-order valence-electron chi connectivity index (χ1n) is 10.7. The number of ether oxygens (including phenoxy) is 1. The summed E-state index contributed by atoms with van der Waals surface area (Å²) in [5.74, 6) is -0.0989. The number of amides is 2. The van der Waals surface area contributed by atoms with Crippen LogP contribution >= 0.6 is 0 Å². The number of benzene rings is 2. The highest BCUT2D eigenvalue weighted by Gasteiger charge is 2.24. The molecule has 166 valence electrons. The molecule has 1 fully saturated rings. The smallest absolute Gasteiger partial charge is 0.238 e. The van der Waals surface area contributed by atoms with Crippen LogP contribution in [-0.4, -0.2) is 36.4 Å². The molecule has 0 bridgehead atoms. The first-order valence-corrected chi connectivity index (χ1v) is 10.7. The van der Waals surface area contributed by atoms with Crippen molar-refractivity contribution < 1.29 is 18.7 Å². The molecular weight excluding hydrogens is 397 g/mol. The second-order valence-corrected chi connectivity index (χ2v) is 7.97. The van der Waals surface area contributed by atoms with E-state index in [0.29, 0.717) is 29.7 Å². The van der Waals surface area contributed by atoms with Gasteiger partial charge in [-0.05, 0) is 48.7 Å². The van der Waals surface area contributed by atoms with Crippen molar-refractivity contribution in [2.24, 2.45) is 0 Å². The minimum Gasteiger partial charge on any atom is -0.495 e. The molecule has 2 amide bonds. The Kier molecular flexibility index (Phi) is 8.00. The Morgan fingerprint density at radius 3 is 2.42 bits per heavy atom. The second-order valence-electron chi connectivity index (χ2n) is 7.97. The maximum absolute atomic E-state index is 13.3. The van der Waals surface area contributed by atoms with Gasteiger partial charge >= 0.3 is 0 Å². The molecule has 0 spiro atoms. The van der Waals surface area contributed by atoms with Crippen LogP contribution < -0.4 is 15.4 Å². The van der Waals surface area contributed by atoms with Gasteiger partial charge in [0.15, 0.2) is 0 Å². The number of nitrogens with zero attached hydrogens (tertiary/aromatic N) is 1. The zero-order valence-corrected chi connectivity index (χ0v) is 18.1. The van der Waals surface area contributed by atoms with Crippen LogP contribution in [0.4, 0.5) is 15.8 Å². The van der Waals surface area contributed by atoms with Gasteiger partial charge in [-0.15, -0.1) is 0 Å². The highest BCUT2D eigenvalue weighted by molar-refractivity contribution is 5.95. The molecule has 0 heterocycles. The quantitative estimate of drug-likeness (QED) is 0.648. The topological polar surface area (TPSA) is 70.7 Å². The summed E-state index contributed by atoms with van der Waals surface area (Å²) in [5.41, 5.74) is 2.06. The lowest BCUT2D eigenvalue weighted by molar-refractivity contribution is -0.118. The Hall–Kier alpha value is -2.93. The predicted molar refractivity (Wildman–Crippen MR) is 120 cm³/mol. The largest absolute Gasteiger partial charge is 0.495 e. The number of rotatable bonds is 8. The first kappa shape index (κ1) is 22.7. The normalized spacial score (nSPS) is 14.3. The van der Waals surface area contributed by atoms with Crippen LogP contribution in [0.15, 0.2) is 42.5 Å². The first-order chi connectivity index (χ1) is 14.9. The van der Waals surface area contributed by atoms with Crippen LogP contribution in [0.5, 0.6) is 5.75 Å². The van der Waals surface area contributed by atoms with Crippen LogP contribution in [0.3, 0.4) is 0 Å². The molecule has 2 aromatic carbocycles. The van der Waals surface area contributed by atoms with Gasteiger partial charge in [-0.1, -0.05) is 31.4 Å². The summed E-state index contributed by atoms with van der Waals surface area (Å²) < 4.78 is 18.7. The number of carbonyl (C=O) groups is 2. The van der Waals surface area contributed by atoms with Gasteiger partial charge in [0, 0.05) is 25.2 Å². The van der Waals surface area contributed by atoms with E-state index in [1.807, 2.05) is 0 Å². The van der Waals surface area contributed by atoms with Crippen LogP contribution in [0.1, 0.15) is 44.6 Å². The molecule has 31 heavy (non-hydrogen) atoms. The van der Waals surface area contributed by atoms with Crippen molar-refractivity contribution >= 4 is 23.2 Å². The summed E-state index contributed by atoms with van der Waals surface area (Å²) in [5, 5.41) is 5.64. The summed E-state index contributed by atoms with van der Waals surface area (Å²) in [6, 6.07) is 11.9. The van der Waals surface area contributed by atoms with E-state index in [4.69, 9.17) is 4.74 Å². The Balaban J connectivity index is 1.73. The van der Waals surface area contributed by atoms with Gasteiger partial charge in [0.25, 0.3) is 0 Å². The number of carbonyl (C=O) groups excluding carboxylic acids is 2. The van der Waals surface area contributed by atoms with E-state index in [0.717, 1.165) is 31.2 Å². The number of hydrogen-bond acceptors (Lipinski definition) is 4. The number of nitrogens with one attached hydrogen (secondary N) is 2. The van der Waals surface area contributed by atoms with Crippen LogP contribution in [-0.2, 0) is 16.1 Å². The molecule has 0 aromatic heterocycles. The highest BCUT2D eigenvalue weighted by atomic mass is 19.1. The van der Waals surface area contributed by atoms with Crippen molar-refractivity contribution in [3.05, 3.63) is 53.8 Å².